The van der Waals surface area contributed by atoms with Crippen LogP contribution >= 0.6 is 0 Å². The Morgan fingerprint density at radius 2 is 1.82 bits per heavy atom. The molecule has 2 aliphatic heterocycles. The molecular weight excluding hydrogens is 272 g/mol. The van der Waals surface area contributed by atoms with Gasteiger partial charge in [-0.15, -0.1) is 0 Å². The Hall–Kier alpha value is -1.51. The highest BCUT2D eigenvalue weighted by Crippen LogP contribution is 2.46. The van der Waals surface area contributed by atoms with Crippen molar-refractivity contribution in [2.45, 2.75) is 52.9 Å². The van der Waals surface area contributed by atoms with Crippen LogP contribution in [0.25, 0.3) is 0 Å². The standard InChI is InChI=1S/C19H28N2O/c1-13-6-7-15-16(14(13)2)20-12-19(15)8-10-21(11-9-19)17(22)18(3,4)5/h6-7,20H,8-12H2,1-5H3. The summed E-state index contributed by atoms with van der Waals surface area (Å²) in [6, 6.07) is 4.55. The molecule has 1 amide bonds. The third-order valence-electron chi connectivity index (χ3n) is 5.56. The summed E-state index contributed by atoms with van der Waals surface area (Å²) in [7, 11) is 0. The summed E-state index contributed by atoms with van der Waals surface area (Å²) in [6.07, 6.45) is 2.13. The monoisotopic (exact) mass is 300 g/mol. The first kappa shape index (κ1) is 15.4. The zero-order chi connectivity index (χ0) is 16.1. The minimum atomic E-state index is -0.274. The molecule has 3 heteroatoms. The number of fused-ring (bicyclic) bond motifs is 2. The Kier molecular flexibility index (Phi) is 3.50. The summed E-state index contributed by atoms with van der Waals surface area (Å²) >= 11 is 0. The molecule has 0 aromatic heterocycles. The number of likely N-dealkylation sites (tertiary alicyclic amines) is 1. The van der Waals surface area contributed by atoms with Crippen LogP contribution in [0, 0.1) is 19.3 Å². The molecular formula is C19H28N2O. The molecule has 0 unspecified atom stereocenters. The Morgan fingerprint density at radius 1 is 1.18 bits per heavy atom. The van der Waals surface area contributed by atoms with Gasteiger partial charge in [-0.2, -0.15) is 0 Å². The van der Waals surface area contributed by atoms with Gasteiger partial charge in [0.25, 0.3) is 0 Å². The quantitative estimate of drug-likeness (QED) is 0.793. The average Bonchev–Trinajstić information content (AvgIpc) is 2.81. The maximum Gasteiger partial charge on any atom is 0.227 e. The minimum absolute atomic E-state index is 0.225. The number of carbonyl (C=O) groups excluding carboxylic acids is 1. The van der Waals surface area contributed by atoms with Crippen LogP contribution in [-0.4, -0.2) is 30.4 Å². The second kappa shape index (κ2) is 5.00. The first-order chi connectivity index (χ1) is 10.2. The molecule has 0 bridgehead atoms. The lowest BCUT2D eigenvalue weighted by molar-refractivity contribution is -0.141. The van der Waals surface area contributed by atoms with E-state index in [4.69, 9.17) is 0 Å². The minimum Gasteiger partial charge on any atom is -0.384 e. The summed E-state index contributed by atoms with van der Waals surface area (Å²) in [5, 5.41) is 3.64. The third kappa shape index (κ3) is 2.31. The van der Waals surface area contributed by atoms with Crippen molar-refractivity contribution in [3.63, 3.8) is 0 Å². The molecule has 1 fully saturated rings. The Labute approximate surface area is 134 Å². The van der Waals surface area contributed by atoms with Gasteiger partial charge >= 0.3 is 0 Å². The second-order valence-electron chi connectivity index (χ2n) is 8.11. The molecule has 1 spiro atoms. The molecule has 2 heterocycles. The maximum atomic E-state index is 12.5. The number of piperidine rings is 1. The Bertz CT molecular complexity index is 605. The van der Waals surface area contributed by atoms with Gasteiger partial charge in [-0.25, -0.2) is 0 Å². The van der Waals surface area contributed by atoms with Gasteiger partial charge in [0.1, 0.15) is 0 Å². The third-order valence-corrected chi connectivity index (χ3v) is 5.56. The van der Waals surface area contributed by atoms with Crippen molar-refractivity contribution in [1.82, 2.24) is 4.90 Å². The van der Waals surface area contributed by atoms with E-state index in [0.29, 0.717) is 0 Å². The van der Waals surface area contributed by atoms with Crippen molar-refractivity contribution < 1.29 is 4.79 Å². The lowest BCUT2D eigenvalue weighted by Gasteiger charge is -2.41. The number of nitrogens with one attached hydrogen (secondary N) is 1. The van der Waals surface area contributed by atoms with Crippen molar-refractivity contribution in [3.05, 3.63) is 28.8 Å². The second-order valence-corrected chi connectivity index (χ2v) is 8.11. The van der Waals surface area contributed by atoms with Crippen LogP contribution in [0.3, 0.4) is 0 Å². The van der Waals surface area contributed by atoms with E-state index in [1.165, 1.54) is 22.4 Å². The van der Waals surface area contributed by atoms with E-state index < -0.39 is 0 Å². The normalized spacial score (nSPS) is 20.0. The van der Waals surface area contributed by atoms with Crippen molar-refractivity contribution in [2.24, 2.45) is 5.41 Å². The van der Waals surface area contributed by atoms with Crippen LogP contribution < -0.4 is 5.32 Å². The molecule has 120 valence electrons. The molecule has 1 saturated heterocycles. The topological polar surface area (TPSA) is 32.3 Å². The van der Waals surface area contributed by atoms with Gasteiger partial charge in [0.2, 0.25) is 5.91 Å². The highest BCUT2D eigenvalue weighted by Gasteiger charge is 2.43. The predicted octanol–water partition coefficient (Wildman–Crippen LogP) is 3.64. The van der Waals surface area contributed by atoms with E-state index in [-0.39, 0.29) is 16.7 Å². The summed E-state index contributed by atoms with van der Waals surface area (Å²) in [4.78, 5) is 14.5. The predicted molar refractivity (Wildman–Crippen MR) is 91.4 cm³/mol. The number of amides is 1. The van der Waals surface area contributed by atoms with Gasteiger partial charge in [0, 0.05) is 36.2 Å². The molecule has 3 nitrogen and oxygen atoms in total. The fourth-order valence-electron chi connectivity index (χ4n) is 3.90. The van der Waals surface area contributed by atoms with E-state index in [1.807, 2.05) is 20.8 Å². The molecule has 2 aliphatic rings. The Balaban J connectivity index is 1.81. The number of rotatable bonds is 0. The molecule has 3 rings (SSSR count). The van der Waals surface area contributed by atoms with Crippen LogP contribution in [0.5, 0.6) is 0 Å². The Morgan fingerprint density at radius 3 is 2.41 bits per heavy atom. The SMILES string of the molecule is Cc1ccc2c(c1C)NCC21CCN(C(=O)C(C)(C)C)CC1. The highest BCUT2D eigenvalue weighted by atomic mass is 16.2. The van der Waals surface area contributed by atoms with Crippen molar-refractivity contribution in [2.75, 3.05) is 25.0 Å². The number of hydrogen-bond acceptors (Lipinski definition) is 2. The van der Waals surface area contributed by atoms with Gasteiger partial charge < -0.3 is 10.2 Å². The fraction of sp³-hybridized carbons (Fsp3) is 0.632. The van der Waals surface area contributed by atoms with E-state index >= 15 is 0 Å². The van der Waals surface area contributed by atoms with E-state index in [0.717, 1.165) is 32.5 Å². The van der Waals surface area contributed by atoms with Crippen molar-refractivity contribution in [1.29, 1.82) is 0 Å². The zero-order valence-corrected chi connectivity index (χ0v) is 14.5. The largest absolute Gasteiger partial charge is 0.384 e. The number of nitrogens with zero attached hydrogens (tertiary/aromatic N) is 1. The smallest absolute Gasteiger partial charge is 0.227 e. The van der Waals surface area contributed by atoms with Crippen molar-refractivity contribution in [3.8, 4) is 0 Å². The fourth-order valence-corrected chi connectivity index (χ4v) is 3.90. The van der Waals surface area contributed by atoms with E-state index in [1.54, 1.807) is 0 Å². The lowest BCUT2D eigenvalue weighted by atomic mass is 9.73. The van der Waals surface area contributed by atoms with Crippen LogP contribution in [-0.2, 0) is 10.2 Å². The van der Waals surface area contributed by atoms with Gasteiger partial charge in [0.05, 0.1) is 0 Å². The highest BCUT2D eigenvalue weighted by molar-refractivity contribution is 5.81. The molecule has 1 aromatic rings. The molecule has 22 heavy (non-hydrogen) atoms. The van der Waals surface area contributed by atoms with Crippen LogP contribution in [0.4, 0.5) is 5.69 Å². The van der Waals surface area contributed by atoms with Gasteiger partial charge in [0.15, 0.2) is 0 Å². The van der Waals surface area contributed by atoms with Gasteiger partial charge in [-0.3, -0.25) is 4.79 Å². The first-order valence-corrected chi connectivity index (χ1v) is 8.39. The molecule has 0 aliphatic carbocycles. The number of anilines is 1. The number of carbonyl (C=O) groups is 1. The van der Waals surface area contributed by atoms with E-state index in [2.05, 4.69) is 36.2 Å². The zero-order valence-electron chi connectivity index (χ0n) is 14.5. The summed E-state index contributed by atoms with van der Waals surface area (Å²) in [5.41, 5.74) is 5.49. The molecule has 1 N–H and O–H groups in total. The average molecular weight is 300 g/mol. The summed E-state index contributed by atoms with van der Waals surface area (Å²) in [6.45, 7) is 13.2. The number of aryl methyl sites for hydroxylation is 1. The van der Waals surface area contributed by atoms with Crippen LogP contribution in [0.15, 0.2) is 12.1 Å². The number of hydrogen-bond donors (Lipinski definition) is 1. The van der Waals surface area contributed by atoms with Crippen LogP contribution in [0.2, 0.25) is 0 Å². The lowest BCUT2D eigenvalue weighted by Crippen LogP contribution is -2.49. The van der Waals surface area contributed by atoms with Gasteiger partial charge in [-0.05, 0) is 43.4 Å². The maximum absolute atomic E-state index is 12.5. The molecule has 0 saturated carbocycles. The van der Waals surface area contributed by atoms with Gasteiger partial charge in [-0.1, -0.05) is 32.9 Å². The van der Waals surface area contributed by atoms with Crippen molar-refractivity contribution >= 4 is 11.6 Å². The molecule has 0 radical (unpaired) electrons. The summed E-state index contributed by atoms with van der Waals surface area (Å²) in [5.74, 6) is 0.286. The number of benzene rings is 1. The van der Waals surface area contributed by atoms with E-state index in [9.17, 15) is 4.79 Å². The molecule has 0 atom stereocenters. The van der Waals surface area contributed by atoms with Crippen LogP contribution in [0.1, 0.15) is 50.3 Å². The molecule has 1 aromatic carbocycles. The first-order valence-electron chi connectivity index (χ1n) is 8.39. The summed E-state index contributed by atoms with van der Waals surface area (Å²) < 4.78 is 0.